The van der Waals surface area contributed by atoms with Crippen LogP contribution in [0.3, 0.4) is 0 Å². The third-order valence-electron chi connectivity index (χ3n) is 11.2. The van der Waals surface area contributed by atoms with Gasteiger partial charge in [0, 0.05) is 12.8 Å². The van der Waals surface area contributed by atoms with Gasteiger partial charge in [-0.1, -0.05) is 211 Å². The Hall–Kier alpha value is -2.30. The van der Waals surface area contributed by atoms with Crippen LogP contribution >= 0.6 is 7.82 Å². The smallest absolute Gasteiger partial charge is 0.472 e. The minimum absolute atomic E-state index is 0.149. The number of phosphoric ester groups is 1. The fraction of sp³-hybridized carbons (Fsp3) is 0.824. The highest BCUT2D eigenvalue weighted by Crippen LogP contribution is 2.43. The lowest BCUT2D eigenvalue weighted by Crippen LogP contribution is -2.43. The molecule has 0 aliphatic carbocycles. The normalized spacial score (nSPS) is 13.8. The molecule has 0 radical (unpaired) electrons. The molecule has 0 aromatic heterocycles. The Balaban J connectivity index is 3.83. The van der Waals surface area contributed by atoms with Gasteiger partial charge in [-0.25, -0.2) is 9.36 Å². The van der Waals surface area contributed by atoms with E-state index in [-0.39, 0.29) is 12.8 Å². The van der Waals surface area contributed by atoms with E-state index in [2.05, 4.69) is 55.6 Å². The zero-order chi connectivity index (χ0) is 46.3. The second-order valence-corrected chi connectivity index (χ2v) is 18.8. The number of aliphatic hydroxyl groups excluding tert-OH is 1. The van der Waals surface area contributed by atoms with Gasteiger partial charge in [-0.3, -0.25) is 18.6 Å². The Bertz CT molecular complexity index is 1210. The molecule has 4 N–H and O–H groups in total. The predicted octanol–water partition coefficient (Wildman–Crippen LogP) is 14.0. The van der Waals surface area contributed by atoms with Crippen LogP contribution in [0, 0.1) is 0 Å². The lowest BCUT2D eigenvalue weighted by atomic mass is 10.0. The minimum atomic E-state index is -4.76. The van der Waals surface area contributed by atoms with Crippen LogP contribution in [-0.2, 0) is 32.7 Å². The highest BCUT2D eigenvalue weighted by atomic mass is 31.2. The van der Waals surface area contributed by atoms with Crippen LogP contribution in [0.2, 0.25) is 0 Å². The van der Waals surface area contributed by atoms with E-state index in [1.807, 2.05) is 0 Å². The molecule has 0 aromatic carbocycles. The molecule has 368 valence electrons. The van der Waals surface area contributed by atoms with Crippen molar-refractivity contribution < 1.29 is 47.8 Å². The molecular formula is C51H94NO10P. The molecule has 0 saturated heterocycles. The molecule has 0 aliphatic rings. The largest absolute Gasteiger partial charge is 0.480 e. The Kier molecular flexibility index (Phi) is 44.5. The fourth-order valence-corrected chi connectivity index (χ4v) is 7.98. The van der Waals surface area contributed by atoms with Crippen LogP contribution in [0.1, 0.15) is 239 Å². The third kappa shape index (κ3) is 46.0. The van der Waals surface area contributed by atoms with E-state index in [0.29, 0.717) is 12.8 Å². The first-order valence-corrected chi connectivity index (χ1v) is 27.0. The third-order valence-corrected chi connectivity index (χ3v) is 12.1. The second-order valence-electron chi connectivity index (χ2n) is 17.4. The average Bonchev–Trinajstić information content (AvgIpc) is 3.26. The summed E-state index contributed by atoms with van der Waals surface area (Å²) in [5, 5.41) is 21.9. The van der Waals surface area contributed by atoms with Crippen molar-refractivity contribution in [3.05, 3.63) is 36.5 Å². The van der Waals surface area contributed by atoms with Gasteiger partial charge >= 0.3 is 19.8 Å². The lowest BCUT2D eigenvalue weighted by molar-refractivity contribution is -0.147. The van der Waals surface area contributed by atoms with Crippen LogP contribution in [0.4, 0.5) is 0 Å². The SMILES string of the molecule is CCCCC/C=C\C/C=C\C/C=C\CCCCCCCCCCC(=O)OCC(O)COP(=O)(O)OCC(NC(=O)CCCCCCCCCCCCCCCCCCCC)C(=O)O. The van der Waals surface area contributed by atoms with Crippen molar-refractivity contribution in [1.29, 1.82) is 0 Å². The van der Waals surface area contributed by atoms with Gasteiger partial charge in [0.05, 0.1) is 13.2 Å². The maximum atomic E-state index is 12.4. The summed E-state index contributed by atoms with van der Waals surface area (Å²) in [4.78, 5) is 46.1. The van der Waals surface area contributed by atoms with E-state index in [1.54, 1.807) is 0 Å². The summed E-state index contributed by atoms with van der Waals surface area (Å²) in [6.07, 6.45) is 51.6. The van der Waals surface area contributed by atoms with E-state index in [9.17, 15) is 34.1 Å². The number of ether oxygens (including phenoxy) is 1. The number of carboxylic acids is 1. The summed E-state index contributed by atoms with van der Waals surface area (Å²) >= 11 is 0. The van der Waals surface area contributed by atoms with Crippen LogP contribution in [0.25, 0.3) is 0 Å². The molecule has 0 spiro atoms. The summed E-state index contributed by atoms with van der Waals surface area (Å²) in [6, 6.07) is -1.55. The van der Waals surface area contributed by atoms with Crippen molar-refractivity contribution in [2.24, 2.45) is 0 Å². The number of carbonyl (C=O) groups excluding carboxylic acids is 2. The first kappa shape index (κ1) is 60.7. The van der Waals surface area contributed by atoms with E-state index in [0.717, 1.165) is 57.8 Å². The Morgan fingerprint density at radius 2 is 0.873 bits per heavy atom. The number of nitrogens with one attached hydrogen (secondary N) is 1. The molecular weight excluding hydrogens is 818 g/mol. The molecule has 0 bridgehead atoms. The van der Waals surface area contributed by atoms with Gasteiger partial charge < -0.3 is 25.2 Å². The molecule has 63 heavy (non-hydrogen) atoms. The van der Waals surface area contributed by atoms with E-state index in [4.69, 9.17) is 13.8 Å². The first-order valence-electron chi connectivity index (χ1n) is 25.5. The molecule has 0 saturated carbocycles. The summed E-state index contributed by atoms with van der Waals surface area (Å²) in [7, 11) is -4.76. The predicted molar refractivity (Wildman–Crippen MR) is 259 cm³/mol. The van der Waals surface area contributed by atoms with Gasteiger partial charge in [0.15, 0.2) is 6.04 Å². The van der Waals surface area contributed by atoms with Crippen LogP contribution < -0.4 is 5.32 Å². The maximum Gasteiger partial charge on any atom is 0.472 e. The van der Waals surface area contributed by atoms with E-state index < -0.39 is 57.6 Å². The summed E-state index contributed by atoms with van der Waals surface area (Å²) in [6.45, 7) is 2.60. The van der Waals surface area contributed by atoms with Crippen molar-refractivity contribution in [3.8, 4) is 0 Å². The Morgan fingerprint density at radius 1 is 0.508 bits per heavy atom. The molecule has 0 aliphatic heterocycles. The molecule has 12 heteroatoms. The molecule has 11 nitrogen and oxygen atoms in total. The number of aliphatic hydroxyl groups is 1. The number of allylic oxidation sites excluding steroid dienone is 6. The Labute approximate surface area is 384 Å². The van der Waals surface area contributed by atoms with Gasteiger partial charge in [-0.2, -0.15) is 0 Å². The van der Waals surface area contributed by atoms with E-state index >= 15 is 0 Å². The van der Waals surface area contributed by atoms with Crippen LogP contribution in [0.15, 0.2) is 36.5 Å². The van der Waals surface area contributed by atoms with Crippen molar-refractivity contribution in [1.82, 2.24) is 5.32 Å². The van der Waals surface area contributed by atoms with Crippen LogP contribution in [-0.4, -0.2) is 64.9 Å². The molecule has 0 heterocycles. The number of rotatable bonds is 48. The standard InChI is InChI=1S/C51H94NO10P/c1-3-5-7-9-11-13-15-17-19-21-23-24-25-27-29-31-33-35-37-39-41-43-50(55)60-44-47(53)45-61-63(58,59)62-46-48(51(56)57)52-49(54)42-40-38-36-34-32-30-28-26-22-20-18-16-14-12-10-8-6-4-2/h11,13,17,19,23-24,47-48,53H,3-10,12,14-16,18,20-22,25-46H2,1-2H3,(H,52,54)(H,56,57)(H,58,59)/b13-11-,19-17-,24-23-. The number of carbonyl (C=O) groups is 3. The molecule has 0 fully saturated rings. The van der Waals surface area contributed by atoms with E-state index in [1.165, 1.54) is 141 Å². The highest BCUT2D eigenvalue weighted by molar-refractivity contribution is 7.47. The highest BCUT2D eigenvalue weighted by Gasteiger charge is 2.28. The number of hydrogen-bond acceptors (Lipinski definition) is 8. The number of aliphatic carboxylic acids is 1. The fourth-order valence-electron chi connectivity index (χ4n) is 7.21. The molecule has 0 aromatic rings. The number of phosphoric acid groups is 1. The summed E-state index contributed by atoms with van der Waals surface area (Å²) < 4.78 is 26.9. The zero-order valence-corrected chi connectivity index (χ0v) is 41.0. The number of esters is 1. The van der Waals surface area contributed by atoms with Crippen molar-refractivity contribution >= 4 is 25.7 Å². The van der Waals surface area contributed by atoms with Gasteiger partial charge in [0.25, 0.3) is 0 Å². The monoisotopic (exact) mass is 912 g/mol. The Morgan fingerprint density at radius 3 is 1.33 bits per heavy atom. The lowest BCUT2D eigenvalue weighted by Gasteiger charge is -2.18. The second kappa shape index (κ2) is 46.2. The van der Waals surface area contributed by atoms with Gasteiger partial charge in [0.2, 0.25) is 5.91 Å². The molecule has 3 unspecified atom stereocenters. The number of carboxylic acid groups (broad SMARTS) is 1. The number of unbranched alkanes of at least 4 members (excludes halogenated alkanes) is 28. The number of hydrogen-bond donors (Lipinski definition) is 4. The van der Waals surface area contributed by atoms with Crippen LogP contribution in [0.5, 0.6) is 0 Å². The zero-order valence-electron chi connectivity index (χ0n) is 40.1. The van der Waals surface area contributed by atoms with Crippen molar-refractivity contribution in [2.45, 2.75) is 251 Å². The number of amides is 1. The van der Waals surface area contributed by atoms with Gasteiger partial charge in [-0.05, 0) is 51.4 Å². The van der Waals surface area contributed by atoms with Gasteiger partial charge in [0.1, 0.15) is 12.7 Å². The summed E-state index contributed by atoms with van der Waals surface area (Å²) in [5.41, 5.74) is 0. The topological polar surface area (TPSA) is 169 Å². The quantitative estimate of drug-likeness (QED) is 0.0199. The van der Waals surface area contributed by atoms with Crippen molar-refractivity contribution in [3.63, 3.8) is 0 Å². The maximum absolute atomic E-state index is 12.4. The summed E-state index contributed by atoms with van der Waals surface area (Å²) in [5.74, 6) is -2.37. The van der Waals surface area contributed by atoms with Crippen molar-refractivity contribution in [2.75, 3.05) is 19.8 Å². The van der Waals surface area contributed by atoms with Gasteiger partial charge in [-0.15, -0.1) is 0 Å². The molecule has 0 rings (SSSR count). The minimum Gasteiger partial charge on any atom is -0.480 e. The molecule has 1 amide bonds. The molecule has 3 atom stereocenters. The first-order chi connectivity index (χ1) is 30.6. The average molecular weight is 912 g/mol.